The third-order valence-corrected chi connectivity index (χ3v) is 5.40. The number of hydrogen-bond acceptors (Lipinski definition) is 4. The molecule has 3 amide bonds. The van der Waals surface area contributed by atoms with Gasteiger partial charge in [-0.2, -0.15) is 0 Å². The summed E-state index contributed by atoms with van der Waals surface area (Å²) < 4.78 is 11.4. The highest BCUT2D eigenvalue weighted by atomic mass is 16.5. The van der Waals surface area contributed by atoms with Crippen molar-refractivity contribution in [3.8, 4) is 11.5 Å². The maximum atomic E-state index is 12.8. The first-order valence-corrected chi connectivity index (χ1v) is 10.7. The molecule has 1 heterocycles. The van der Waals surface area contributed by atoms with E-state index in [4.69, 9.17) is 9.47 Å². The molecule has 1 saturated heterocycles. The van der Waals surface area contributed by atoms with Gasteiger partial charge < -0.3 is 14.8 Å². The van der Waals surface area contributed by atoms with E-state index in [9.17, 15) is 9.59 Å². The predicted octanol–water partition coefficient (Wildman–Crippen LogP) is 4.98. The van der Waals surface area contributed by atoms with Gasteiger partial charge in [0.1, 0.15) is 12.3 Å². The lowest BCUT2D eigenvalue weighted by Crippen LogP contribution is -2.30. The zero-order valence-corrected chi connectivity index (χ0v) is 18.9. The molecule has 1 fully saturated rings. The van der Waals surface area contributed by atoms with E-state index in [2.05, 4.69) is 5.32 Å². The highest BCUT2D eigenvalue weighted by Gasteiger charge is 2.33. The van der Waals surface area contributed by atoms with Gasteiger partial charge in [0.2, 0.25) is 0 Å². The number of benzene rings is 3. The molecular weight excluding hydrogens is 416 g/mol. The SMILES string of the molecule is COc1cc(/C=C2/NC(=O)N(Cc3cccc(C)c3)C2=O)ccc1OCc1ccc(C)cc1. The Morgan fingerprint density at radius 2 is 1.67 bits per heavy atom. The Balaban J connectivity index is 1.48. The Hall–Kier alpha value is -4.06. The predicted molar refractivity (Wildman–Crippen MR) is 127 cm³/mol. The van der Waals surface area contributed by atoms with Crippen molar-refractivity contribution < 1.29 is 19.1 Å². The van der Waals surface area contributed by atoms with Crippen LogP contribution in [-0.4, -0.2) is 23.9 Å². The van der Waals surface area contributed by atoms with E-state index < -0.39 is 6.03 Å². The molecule has 0 radical (unpaired) electrons. The van der Waals surface area contributed by atoms with Gasteiger partial charge >= 0.3 is 6.03 Å². The molecule has 33 heavy (non-hydrogen) atoms. The van der Waals surface area contributed by atoms with Gasteiger partial charge in [-0.3, -0.25) is 9.69 Å². The number of rotatable bonds is 7. The van der Waals surface area contributed by atoms with E-state index >= 15 is 0 Å². The molecule has 0 atom stereocenters. The van der Waals surface area contributed by atoms with Gasteiger partial charge in [-0.25, -0.2) is 4.79 Å². The number of amides is 3. The van der Waals surface area contributed by atoms with Crippen molar-refractivity contribution in [2.75, 3.05) is 7.11 Å². The normalized spacial score (nSPS) is 14.5. The lowest BCUT2D eigenvalue weighted by atomic mass is 10.1. The number of carbonyl (C=O) groups excluding carboxylic acids is 2. The molecule has 3 aromatic rings. The second-order valence-electron chi connectivity index (χ2n) is 8.05. The van der Waals surface area contributed by atoms with Crippen LogP contribution in [0.2, 0.25) is 0 Å². The van der Waals surface area contributed by atoms with Crippen LogP contribution in [0.15, 0.2) is 72.4 Å². The van der Waals surface area contributed by atoms with Crippen LogP contribution in [-0.2, 0) is 17.9 Å². The number of nitrogens with zero attached hydrogens (tertiary/aromatic N) is 1. The van der Waals surface area contributed by atoms with Crippen molar-refractivity contribution in [3.63, 3.8) is 0 Å². The van der Waals surface area contributed by atoms with Crippen molar-refractivity contribution in [1.29, 1.82) is 0 Å². The molecule has 6 heteroatoms. The minimum Gasteiger partial charge on any atom is -0.493 e. The van der Waals surface area contributed by atoms with E-state index in [-0.39, 0.29) is 18.1 Å². The van der Waals surface area contributed by atoms with E-state index in [0.717, 1.165) is 22.3 Å². The summed E-state index contributed by atoms with van der Waals surface area (Å²) in [6.45, 7) is 4.65. The monoisotopic (exact) mass is 442 g/mol. The van der Waals surface area contributed by atoms with Crippen molar-refractivity contribution in [2.45, 2.75) is 27.0 Å². The van der Waals surface area contributed by atoms with Crippen LogP contribution in [0.4, 0.5) is 4.79 Å². The maximum absolute atomic E-state index is 12.8. The van der Waals surface area contributed by atoms with Crippen LogP contribution in [0.3, 0.4) is 0 Å². The number of urea groups is 1. The number of carbonyl (C=O) groups is 2. The Kier molecular flexibility index (Phi) is 6.45. The summed E-state index contributed by atoms with van der Waals surface area (Å²) in [5.74, 6) is 0.785. The smallest absolute Gasteiger partial charge is 0.329 e. The van der Waals surface area contributed by atoms with E-state index in [1.54, 1.807) is 25.3 Å². The van der Waals surface area contributed by atoms with E-state index in [1.165, 1.54) is 10.5 Å². The first-order valence-electron chi connectivity index (χ1n) is 10.7. The summed E-state index contributed by atoms with van der Waals surface area (Å²) >= 11 is 0. The molecular formula is C27H26N2O4. The number of nitrogens with one attached hydrogen (secondary N) is 1. The average Bonchev–Trinajstić information content (AvgIpc) is 3.06. The lowest BCUT2D eigenvalue weighted by Gasteiger charge is -2.12. The molecule has 3 aromatic carbocycles. The minimum absolute atomic E-state index is 0.221. The zero-order valence-electron chi connectivity index (χ0n) is 18.9. The first-order chi connectivity index (χ1) is 15.9. The third kappa shape index (κ3) is 5.23. The van der Waals surface area contributed by atoms with Crippen LogP contribution in [0.5, 0.6) is 11.5 Å². The average molecular weight is 443 g/mol. The third-order valence-electron chi connectivity index (χ3n) is 5.40. The molecule has 0 aliphatic carbocycles. The van der Waals surface area contributed by atoms with Crippen molar-refractivity contribution >= 4 is 18.0 Å². The van der Waals surface area contributed by atoms with Crippen LogP contribution in [0, 0.1) is 13.8 Å². The summed E-state index contributed by atoms with van der Waals surface area (Å²) in [7, 11) is 1.57. The number of imide groups is 1. The molecule has 0 aromatic heterocycles. The molecule has 0 spiro atoms. The Morgan fingerprint density at radius 1 is 0.879 bits per heavy atom. The van der Waals surface area contributed by atoms with Crippen molar-refractivity contribution in [2.24, 2.45) is 0 Å². The zero-order chi connectivity index (χ0) is 23.4. The summed E-state index contributed by atoms with van der Waals surface area (Å²) in [5.41, 5.74) is 5.17. The van der Waals surface area contributed by atoms with Gasteiger partial charge in [-0.15, -0.1) is 0 Å². The quantitative estimate of drug-likeness (QED) is 0.414. The highest BCUT2D eigenvalue weighted by Crippen LogP contribution is 2.30. The van der Waals surface area contributed by atoms with E-state index in [1.807, 2.05) is 68.4 Å². The fourth-order valence-electron chi connectivity index (χ4n) is 3.61. The molecule has 1 aliphatic rings. The van der Waals surface area contributed by atoms with Crippen LogP contribution in [0.1, 0.15) is 27.8 Å². The van der Waals surface area contributed by atoms with Gasteiger partial charge in [0.05, 0.1) is 13.7 Å². The second kappa shape index (κ2) is 9.61. The van der Waals surface area contributed by atoms with E-state index in [0.29, 0.717) is 18.1 Å². The molecule has 1 aliphatic heterocycles. The molecule has 0 saturated carbocycles. The van der Waals surface area contributed by atoms with Gasteiger partial charge in [0.25, 0.3) is 5.91 Å². The molecule has 6 nitrogen and oxygen atoms in total. The van der Waals surface area contributed by atoms with Gasteiger partial charge in [-0.05, 0) is 48.7 Å². The molecule has 4 rings (SSSR count). The standard InChI is InChI=1S/C27H26N2O4/c1-18-7-9-20(10-8-18)17-33-24-12-11-21(15-25(24)32-3)14-23-26(30)29(27(31)28-23)16-22-6-4-5-19(2)13-22/h4-15H,16-17H2,1-3H3,(H,28,31)/b23-14+. The van der Waals surface area contributed by atoms with Crippen LogP contribution >= 0.6 is 0 Å². The largest absolute Gasteiger partial charge is 0.493 e. The second-order valence-corrected chi connectivity index (χ2v) is 8.05. The molecule has 168 valence electrons. The van der Waals surface area contributed by atoms with Crippen LogP contribution < -0.4 is 14.8 Å². The summed E-state index contributed by atoms with van der Waals surface area (Å²) in [6.07, 6.45) is 1.64. The molecule has 0 unspecified atom stereocenters. The fraction of sp³-hybridized carbons (Fsp3) is 0.185. The highest BCUT2D eigenvalue weighted by molar-refractivity contribution is 6.13. The fourth-order valence-corrected chi connectivity index (χ4v) is 3.61. The number of methoxy groups -OCH3 is 1. The van der Waals surface area contributed by atoms with Crippen molar-refractivity contribution in [3.05, 3.63) is 100 Å². The van der Waals surface area contributed by atoms with Crippen molar-refractivity contribution in [1.82, 2.24) is 10.2 Å². The lowest BCUT2D eigenvalue weighted by molar-refractivity contribution is -0.123. The minimum atomic E-state index is -0.433. The Labute approximate surface area is 193 Å². The summed E-state index contributed by atoms with van der Waals surface area (Å²) in [5, 5.41) is 2.67. The topological polar surface area (TPSA) is 67.9 Å². The molecule has 0 bridgehead atoms. The summed E-state index contributed by atoms with van der Waals surface area (Å²) in [4.78, 5) is 26.4. The van der Waals surface area contributed by atoms with Gasteiger partial charge in [0.15, 0.2) is 11.5 Å². The maximum Gasteiger partial charge on any atom is 0.329 e. The Morgan fingerprint density at radius 3 is 2.39 bits per heavy atom. The Bertz CT molecular complexity index is 1220. The van der Waals surface area contributed by atoms with Gasteiger partial charge in [0, 0.05) is 0 Å². The molecule has 1 N–H and O–H groups in total. The number of ether oxygens (including phenoxy) is 2. The number of hydrogen-bond donors (Lipinski definition) is 1. The van der Waals surface area contributed by atoms with Crippen LogP contribution in [0.25, 0.3) is 6.08 Å². The first kappa shape index (κ1) is 22.1. The van der Waals surface area contributed by atoms with Gasteiger partial charge in [-0.1, -0.05) is 65.7 Å². The number of aryl methyl sites for hydroxylation is 2. The summed E-state index contributed by atoms with van der Waals surface area (Å²) in [6, 6.07) is 20.8.